The second-order valence-corrected chi connectivity index (χ2v) is 6.96. The Kier molecular flexibility index (Phi) is 6.69. The number of amides is 1. The molecule has 1 fully saturated rings. The Balaban J connectivity index is 1.64. The van der Waals surface area contributed by atoms with Crippen molar-refractivity contribution in [3.8, 4) is 11.5 Å². The molecule has 0 aliphatic carbocycles. The van der Waals surface area contributed by atoms with Gasteiger partial charge in [-0.15, -0.1) is 0 Å². The van der Waals surface area contributed by atoms with Crippen LogP contribution >= 0.6 is 0 Å². The highest BCUT2D eigenvalue weighted by atomic mass is 16.5. The SMILES string of the molecule is COc1ccc(CC(=O)N2CCCC[C@@H]2CCc2ccccn2)cc1OC. The summed E-state index contributed by atoms with van der Waals surface area (Å²) in [5.74, 6) is 1.53. The molecule has 0 saturated carbocycles. The molecule has 1 aromatic carbocycles. The first-order chi connectivity index (χ1) is 13.2. The smallest absolute Gasteiger partial charge is 0.227 e. The van der Waals surface area contributed by atoms with Crippen LogP contribution in [0.5, 0.6) is 11.5 Å². The lowest BCUT2D eigenvalue weighted by Gasteiger charge is -2.36. The van der Waals surface area contributed by atoms with Crippen LogP contribution in [0, 0.1) is 0 Å². The van der Waals surface area contributed by atoms with E-state index < -0.39 is 0 Å². The first kappa shape index (κ1) is 19.2. The lowest BCUT2D eigenvalue weighted by atomic mass is 9.96. The maximum Gasteiger partial charge on any atom is 0.227 e. The van der Waals surface area contributed by atoms with Gasteiger partial charge < -0.3 is 14.4 Å². The van der Waals surface area contributed by atoms with E-state index in [-0.39, 0.29) is 5.91 Å². The summed E-state index contributed by atoms with van der Waals surface area (Å²) in [5.41, 5.74) is 2.04. The van der Waals surface area contributed by atoms with E-state index in [9.17, 15) is 4.79 Å². The Morgan fingerprint density at radius 2 is 2.00 bits per heavy atom. The van der Waals surface area contributed by atoms with Crippen LogP contribution in [0.1, 0.15) is 36.9 Å². The summed E-state index contributed by atoms with van der Waals surface area (Å²) >= 11 is 0. The summed E-state index contributed by atoms with van der Waals surface area (Å²) in [6, 6.07) is 12.0. The Morgan fingerprint density at radius 3 is 2.74 bits per heavy atom. The highest BCUT2D eigenvalue weighted by molar-refractivity contribution is 5.79. The summed E-state index contributed by atoms with van der Waals surface area (Å²) in [7, 11) is 3.23. The normalized spacial score (nSPS) is 16.8. The Hall–Kier alpha value is -2.56. The molecule has 1 saturated heterocycles. The van der Waals surface area contributed by atoms with Crippen molar-refractivity contribution < 1.29 is 14.3 Å². The van der Waals surface area contributed by atoms with E-state index in [1.165, 1.54) is 6.42 Å². The van der Waals surface area contributed by atoms with Gasteiger partial charge in [-0.2, -0.15) is 0 Å². The maximum atomic E-state index is 13.0. The third-order valence-corrected chi connectivity index (χ3v) is 5.21. The fourth-order valence-corrected chi connectivity index (χ4v) is 3.76. The molecule has 5 heteroatoms. The summed E-state index contributed by atoms with van der Waals surface area (Å²) in [6.07, 6.45) is 7.44. The van der Waals surface area contributed by atoms with Crippen LogP contribution in [0.3, 0.4) is 0 Å². The van der Waals surface area contributed by atoms with E-state index in [2.05, 4.69) is 16.0 Å². The number of carbonyl (C=O) groups excluding carboxylic acids is 1. The van der Waals surface area contributed by atoms with Crippen LogP contribution < -0.4 is 9.47 Å². The molecule has 1 aliphatic heterocycles. The van der Waals surface area contributed by atoms with E-state index in [1.54, 1.807) is 14.2 Å². The molecule has 2 heterocycles. The zero-order valence-electron chi connectivity index (χ0n) is 16.2. The minimum absolute atomic E-state index is 0.188. The predicted molar refractivity (Wildman–Crippen MR) is 105 cm³/mol. The highest BCUT2D eigenvalue weighted by Crippen LogP contribution is 2.28. The molecule has 1 atom stereocenters. The lowest BCUT2D eigenvalue weighted by Crippen LogP contribution is -2.44. The summed E-state index contributed by atoms with van der Waals surface area (Å²) < 4.78 is 10.6. The van der Waals surface area contributed by atoms with Crippen molar-refractivity contribution in [2.45, 2.75) is 44.6 Å². The van der Waals surface area contributed by atoms with E-state index in [0.29, 0.717) is 24.0 Å². The number of hydrogen-bond donors (Lipinski definition) is 0. The number of methoxy groups -OCH3 is 2. The van der Waals surface area contributed by atoms with Crippen LogP contribution in [-0.2, 0) is 17.6 Å². The molecular weight excluding hydrogens is 340 g/mol. The van der Waals surface area contributed by atoms with Crippen molar-refractivity contribution in [1.29, 1.82) is 0 Å². The molecule has 0 bridgehead atoms. The number of aromatic nitrogens is 1. The molecule has 0 unspecified atom stereocenters. The third-order valence-electron chi connectivity index (χ3n) is 5.21. The van der Waals surface area contributed by atoms with Crippen molar-refractivity contribution in [1.82, 2.24) is 9.88 Å². The molecule has 0 N–H and O–H groups in total. The topological polar surface area (TPSA) is 51.7 Å². The number of likely N-dealkylation sites (tertiary alicyclic amines) is 1. The first-order valence-electron chi connectivity index (χ1n) is 9.61. The van der Waals surface area contributed by atoms with Gasteiger partial charge in [-0.25, -0.2) is 0 Å². The number of carbonyl (C=O) groups is 1. The number of aryl methyl sites for hydroxylation is 1. The molecule has 0 radical (unpaired) electrons. The van der Waals surface area contributed by atoms with Gasteiger partial charge in [0.25, 0.3) is 0 Å². The number of ether oxygens (including phenoxy) is 2. The van der Waals surface area contributed by atoms with Crippen LogP contribution in [0.15, 0.2) is 42.6 Å². The van der Waals surface area contributed by atoms with Gasteiger partial charge >= 0.3 is 0 Å². The van der Waals surface area contributed by atoms with Gasteiger partial charge in [-0.3, -0.25) is 9.78 Å². The average molecular weight is 368 g/mol. The summed E-state index contributed by atoms with van der Waals surface area (Å²) in [5, 5.41) is 0. The van der Waals surface area contributed by atoms with Crippen molar-refractivity contribution >= 4 is 5.91 Å². The number of pyridine rings is 1. The Labute approximate surface area is 161 Å². The number of piperidine rings is 1. The molecule has 144 valence electrons. The molecule has 3 rings (SSSR count). The van der Waals surface area contributed by atoms with Gasteiger partial charge in [0.15, 0.2) is 11.5 Å². The van der Waals surface area contributed by atoms with Crippen molar-refractivity contribution in [2.24, 2.45) is 0 Å². The lowest BCUT2D eigenvalue weighted by molar-refractivity contribution is -0.134. The minimum atomic E-state index is 0.188. The molecule has 27 heavy (non-hydrogen) atoms. The summed E-state index contributed by atoms with van der Waals surface area (Å²) in [6.45, 7) is 0.846. The van der Waals surface area contributed by atoms with E-state index in [0.717, 1.165) is 43.5 Å². The van der Waals surface area contributed by atoms with Gasteiger partial charge in [0, 0.05) is 24.5 Å². The number of hydrogen-bond acceptors (Lipinski definition) is 4. The molecule has 2 aromatic rings. The minimum Gasteiger partial charge on any atom is -0.493 e. The fourth-order valence-electron chi connectivity index (χ4n) is 3.76. The largest absolute Gasteiger partial charge is 0.493 e. The Bertz CT molecular complexity index is 748. The second-order valence-electron chi connectivity index (χ2n) is 6.96. The molecular formula is C22H28N2O3. The van der Waals surface area contributed by atoms with Crippen LogP contribution in [0.25, 0.3) is 0 Å². The maximum absolute atomic E-state index is 13.0. The van der Waals surface area contributed by atoms with E-state index >= 15 is 0 Å². The molecule has 1 aromatic heterocycles. The second kappa shape index (κ2) is 9.40. The monoisotopic (exact) mass is 368 g/mol. The van der Waals surface area contributed by atoms with Crippen LogP contribution in [-0.4, -0.2) is 42.6 Å². The summed E-state index contributed by atoms with van der Waals surface area (Å²) in [4.78, 5) is 19.5. The number of nitrogens with zero attached hydrogens (tertiary/aromatic N) is 2. The number of rotatable bonds is 7. The van der Waals surface area contributed by atoms with Crippen molar-refractivity contribution in [3.63, 3.8) is 0 Å². The average Bonchev–Trinajstić information content (AvgIpc) is 2.73. The van der Waals surface area contributed by atoms with Gasteiger partial charge in [-0.05, 0) is 61.9 Å². The van der Waals surface area contributed by atoms with E-state index in [1.807, 2.05) is 36.5 Å². The van der Waals surface area contributed by atoms with Gasteiger partial charge in [0.1, 0.15) is 0 Å². The molecule has 1 aliphatic rings. The van der Waals surface area contributed by atoms with E-state index in [4.69, 9.17) is 9.47 Å². The van der Waals surface area contributed by atoms with Gasteiger partial charge in [-0.1, -0.05) is 12.1 Å². The van der Waals surface area contributed by atoms with Gasteiger partial charge in [0.05, 0.1) is 20.6 Å². The molecule has 0 spiro atoms. The molecule has 1 amide bonds. The zero-order chi connectivity index (χ0) is 19.1. The molecule has 5 nitrogen and oxygen atoms in total. The highest BCUT2D eigenvalue weighted by Gasteiger charge is 2.26. The van der Waals surface area contributed by atoms with Gasteiger partial charge in [0.2, 0.25) is 5.91 Å². The standard InChI is InChI=1S/C22H28N2O3/c1-26-20-12-9-17(15-21(20)27-2)16-22(25)24-14-6-4-8-19(24)11-10-18-7-3-5-13-23-18/h3,5,7,9,12-13,15,19H,4,6,8,10-11,14,16H2,1-2H3/t19-/m1/s1. The van der Waals surface area contributed by atoms with Crippen LogP contribution in [0.2, 0.25) is 0 Å². The van der Waals surface area contributed by atoms with Crippen molar-refractivity contribution in [3.05, 3.63) is 53.9 Å². The first-order valence-corrected chi connectivity index (χ1v) is 9.61. The zero-order valence-corrected chi connectivity index (χ0v) is 16.2. The van der Waals surface area contributed by atoms with Crippen molar-refractivity contribution in [2.75, 3.05) is 20.8 Å². The van der Waals surface area contributed by atoms with Crippen LogP contribution in [0.4, 0.5) is 0 Å². The predicted octanol–water partition coefficient (Wildman–Crippen LogP) is 3.66. The third kappa shape index (κ3) is 5.00. The Morgan fingerprint density at radius 1 is 1.15 bits per heavy atom. The fraction of sp³-hybridized carbons (Fsp3) is 0.455. The quantitative estimate of drug-likeness (QED) is 0.748. The number of benzene rings is 1.